The van der Waals surface area contributed by atoms with Gasteiger partial charge in [0.15, 0.2) is 0 Å². The Labute approximate surface area is 144 Å². The van der Waals surface area contributed by atoms with Gasteiger partial charge in [-0.25, -0.2) is 0 Å². The van der Waals surface area contributed by atoms with E-state index in [1.165, 1.54) is 6.20 Å². The van der Waals surface area contributed by atoms with Gasteiger partial charge in [-0.05, 0) is 52.7 Å². The highest BCUT2D eigenvalue weighted by Crippen LogP contribution is 2.19. The second kappa shape index (κ2) is 13.1. The van der Waals surface area contributed by atoms with Gasteiger partial charge in [0.25, 0.3) is 0 Å². The summed E-state index contributed by atoms with van der Waals surface area (Å²) in [5.41, 5.74) is 0.552. The second-order valence-electron chi connectivity index (χ2n) is 5.72. The fourth-order valence-electron chi connectivity index (χ4n) is 0.671. The first-order chi connectivity index (χ1) is 10.4. The number of nitrogens with zero attached hydrogens (tertiary/aromatic N) is 1. The van der Waals surface area contributed by atoms with Crippen molar-refractivity contribution in [1.29, 1.82) is 0 Å². The van der Waals surface area contributed by atoms with Crippen molar-refractivity contribution in [3.63, 3.8) is 0 Å². The Hall–Kier alpha value is -1.39. The summed E-state index contributed by atoms with van der Waals surface area (Å²) in [4.78, 5) is 3.86. The third-order valence-electron chi connectivity index (χ3n) is 3.06. The highest BCUT2D eigenvalue weighted by Gasteiger charge is 2.31. The van der Waals surface area contributed by atoms with Crippen LogP contribution in [0.4, 0.5) is 0 Å². The van der Waals surface area contributed by atoms with E-state index in [2.05, 4.69) is 18.2 Å². The van der Waals surface area contributed by atoms with E-state index in [1.807, 2.05) is 39.8 Å². The molecule has 0 unspecified atom stereocenters. The molecule has 0 aliphatic rings. The predicted molar refractivity (Wildman–Crippen MR) is 105 cm³/mol. The molecular formula is C19H34BNO2. The Bertz CT molecular complexity index is 421. The molecule has 0 aromatic rings. The smallest absolute Gasteiger partial charge is 0.113 e. The van der Waals surface area contributed by atoms with Crippen molar-refractivity contribution in [3.8, 4) is 0 Å². The van der Waals surface area contributed by atoms with Gasteiger partial charge in [-0.3, -0.25) is 4.99 Å². The van der Waals surface area contributed by atoms with Gasteiger partial charge in [0, 0.05) is 12.4 Å². The summed E-state index contributed by atoms with van der Waals surface area (Å²) in [7, 11) is 5.62. The zero-order valence-corrected chi connectivity index (χ0v) is 16.1. The monoisotopic (exact) mass is 319 g/mol. The van der Waals surface area contributed by atoms with Gasteiger partial charge in [-0.2, -0.15) is 0 Å². The number of aliphatic imine (C=N–C) groups is 1. The molecule has 0 amide bonds. The standard InChI is InChI=1S/C11H14BN.C6H14O2.C2H6/c1-5-11(12)7-9(3)10(4)8-13-6-2;1-5(2,7)6(3,4)8;1-2/h5-8H,2,4H2,1,3H3;7-8H,1-4H3;1-2H3/b9-7+,11-5+,13-8?;;. The molecule has 3 nitrogen and oxygen atoms in total. The predicted octanol–water partition coefficient (Wildman–Crippen LogP) is 4.33. The van der Waals surface area contributed by atoms with Crippen molar-refractivity contribution >= 4 is 14.1 Å². The Balaban J connectivity index is -0.000000343. The molecule has 2 radical (unpaired) electrons. The molecule has 0 rings (SSSR count). The first-order valence-corrected chi connectivity index (χ1v) is 7.75. The van der Waals surface area contributed by atoms with Gasteiger partial charge in [0.1, 0.15) is 7.85 Å². The highest BCUT2D eigenvalue weighted by atomic mass is 16.3. The molecule has 0 bridgehead atoms. The lowest BCUT2D eigenvalue weighted by molar-refractivity contribution is -0.107. The van der Waals surface area contributed by atoms with Crippen LogP contribution in [0.15, 0.2) is 53.1 Å². The van der Waals surface area contributed by atoms with Crippen LogP contribution in [0, 0.1) is 0 Å². The van der Waals surface area contributed by atoms with E-state index in [1.54, 1.807) is 33.9 Å². The summed E-state index contributed by atoms with van der Waals surface area (Å²) >= 11 is 0. The summed E-state index contributed by atoms with van der Waals surface area (Å²) in [6, 6.07) is 0. The fraction of sp³-hybridized carbons (Fsp3) is 0.526. The molecule has 0 fully saturated rings. The van der Waals surface area contributed by atoms with Crippen molar-refractivity contribution in [2.24, 2.45) is 4.99 Å². The second-order valence-corrected chi connectivity index (χ2v) is 5.72. The van der Waals surface area contributed by atoms with Crippen LogP contribution >= 0.6 is 0 Å². The maximum Gasteiger partial charge on any atom is 0.113 e. The SMILES string of the molecule is CC.CC(C)(O)C(C)(C)O.[B]C(=C/C)/C=C(\C)C(=C)C=NC=C. The van der Waals surface area contributed by atoms with Crippen molar-refractivity contribution in [2.45, 2.75) is 66.6 Å². The molecule has 0 aliphatic heterocycles. The van der Waals surface area contributed by atoms with E-state index < -0.39 is 11.2 Å². The average Bonchev–Trinajstić information content (AvgIpc) is 2.45. The molecule has 0 aromatic carbocycles. The largest absolute Gasteiger partial charge is 0.387 e. The van der Waals surface area contributed by atoms with E-state index in [0.29, 0.717) is 0 Å². The van der Waals surface area contributed by atoms with Crippen LogP contribution in [0.5, 0.6) is 0 Å². The van der Waals surface area contributed by atoms with Crippen LogP contribution in [0.1, 0.15) is 55.4 Å². The molecule has 0 saturated carbocycles. The maximum atomic E-state index is 9.10. The summed E-state index contributed by atoms with van der Waals surface area (Å²) in [6.07, 6.45) is 6.82. The summed E-state index contributed by atoms with van der Waals surface area (Å²) in [5.74, 6) is 0. The summed E-state index contributed by atoms with van der Waals surface area (Å²) in [6.45, 7) is 21.4. The Morgan fingerprint density at radius 1 is 1.09 bits per heavy atom. The minimum atomic E-state index is -1.01. The molecule has 0 aliphatic carbocycles. The van der Waals surface area contributed by atoms with Crippen LogP contribution in [-0.2, 0) is 0 Å². The normalized spacial score (nSPS) is 12.8. The van der Waals surface area contributed by atoms with Crippen molar-refractivity contribution < 1.29 is 10.2 Å². The quantitative estimate of drug-likeness (QED) is 0.450. The molecule has 23 heavy (non-hydrogen) atoms. The van der Waals surface area contributed by atoms with Crippen LogP contribution in [0.2, 0.25) is 0 Å². The molecule has 0 aromatic heterocycles. The molecule has 0 spiro atoms. The van der Waals surface area contributed by atoms with Gasteiger partial charge in [0.2, 0.25) is 0 Å². The number of rotatable bonds is 5. The van der Waals surface area contributed by atoms with E-state index in [4.69, 9.17) is 18.1 Å². The third kappa shape index (κ3) is 15.3. The van der Waals surface area contributed by atoms with Crippen LogP contribution in [-0.4, -0.2) is 35.5 Å². The van der Waals surface area contributed by atoms with E-state index in [-0.39, 0.29) is 0 Å². The first-order valence-electron chi connectivity index (χ1n) is 7.75. The number of hydrogen-bond acceptors (Lipinski definition) is 3. The number of hydrogen-bond donors (Lipinski definition) is 2. The van der Waals surface area contributed by atoms with Crippen LogP contribution in [0.3, 0.4) is 0 Å². The summed E-state index contributed by atoms with van der Waals surface area (Å²) in [5, 5.41) is 18.2. The highest BCUT2D eigenvalue weighted by molar-refractivity contribution is 6.23. The summed E-state index contributed by atoms with van der Waals surface area (Å²) < 4.78 is 0. The molecular weight excluding hydrogens is 285 g/mol. The molecule has 0 heterocycles. The zero-order chi connectivity index (χ0) is 19.3. The van der Waals surface area contributed by atoms with Crippen LogP contribution < -0.4 is 0 Å². The lowest BCUT2D eigenvalue weighted by Crippen LogP contribution is -2.44. The Morgan fingerprint density at radius 3 is 1.74 bits per heavy atom. The topological polar surface area (TPSA) is 52.8 Å². The minimum absolute atomic E-state index is 0.727. The zero-order valence-electron chi connectivity index (χ0n) is 16.1. The van der Waals surface area contributed by atoms with E-state index >= 15 is 0 Å². The Morgan fingerprint density at radius 2 is 1.48 bits per heavy atom. The number of allylic oxidation sites excluding steroid dienone is 5. The molecule has 0 saturated heterocycles. The van der Waals surface area contributed by atoms with E-state index in [0.717, 1.165) is 16.6 Å². The minimum Gasteiger partial charge on any atom is -0.387 e. The first kappa shape index (κ1) is 26.5. The lowest BCUT2D eigenvalue weighted by atomic mass is 9.90. The average molecular weight is 319 g/mol. The maximum absolute atomic E-state index is 9.10. The van der Waals surface area contributed by atoms with E-state index in [9.17, 15) is 0 Å². The number of aliphatic hydroxyl groups is 2. The Kier molecular flexibility index (Phi) is 15.1. The van der Waals surface area contributed by atoms with Gasteiger partial charge in [0.05, 0.1) is 11.2 Å². The molecule has 0 atom stereocenters. The third-order valence-corrected chi connectivity index (χ3v) is 3.06. The molecule has 2 N–H and O–H groups in total. The fourth-order valence-corrected chi connectivity index (χ4v) is 0.671. The van der Waals surface area contributed by atoms with Gasteiger partial charge in [-0.15, -0.1) is 5.47 Å². The lowest BCUT2D eigenvalue weighted by Gasteiger charge is -2.31. The van der Waals surface area contributed by atoms with Crippen molar-refractivity contribution in [3.05, 3.63) is 48.1 Å². The molecule has 130 valence electrons. The van der Waals surface area contributed by atoms with Gasteiger partial charge >= 0.3 is 0 Å². The van der Waals surface area contributed by atoms with Crippen molar-refractivity contribution in [2.75, 3.05) is 0 Å². The molecule has 4 heteroatoms. The van der Waals surface area contributed by atoms with Crippen molar-refractivity contribution in [1.82, 2.24) is 0 Å². The van der Waals surface area contributed by atoms with Gasteiger partial charge < -0.3 is 10.2 Å². The van der Waals surface area contributed by atoms with Crippen LogP contribution in [0.25, 0.3) is 0 Å². The van der Waals surface area contributed by atoms with Gasteiger partial charge in [-0.1, -0.05) is 39.2 Å².